The number of hydrogen-bond donors (Lipinski definition) is 1. The Hall–Kier alpha value is -3.53. The molecule has 0 bridgehead atoms. The second kappa shape index (κ2) is 8.87. The predicted molar refractivity (Wildman–Crippen MR) is 110 cm³/mol. The summed E-state index contributed by atoms with van der Waals surface area (Å²) in [7, 11) is 4.27. The standard InChI is InChI=1S/C20H20N2O7S/c1-11-17(18(23)21-12-5-7-14(26-2)16(9-12)27-3)30-20(25)22(11)10-13-6-8-15(29-13)19(24)28-4/h5-9H,10H2,1-4H3,(H,21,23). The van der Waals surface area contributed by atoms with Gasteiger partial charge in [0.1, 0.15) is 10.6 Å². The van der Waals surface area contributed by atoms with Gasteiger partial charge in [0.05, 0.1) is 27.9 Å². The minimum Gasteiger partial charge on any atom is -0.493 e. The van der Waals surface area contributed by atoms with Crippen molar-refractivity contribution in [3.8, 4) is 11.5 Å². The van der Waals surface area contributed by atoms with Gasteiger partial charge in [-0.15, -0.1) is 0 Å². The number of nitrogens with zero attached hydrogens (tertiary/aromatic N) is 1. The van der Waals surface area contributed by atoms with Crippen LogP contribution in [0.3, 0.4) is 0 Å². The number of carbonyl (C=O) groups excluding carboxylic acids is 2. The van der Waals surface area contributed by atoms with E-state index in [1.54, 1.807) is 31.2 Å². The molecule has 0 fully saturated rings. The number of rotatable bonds is 7. The summed E-state index contributed by atoms with van der Waals surface area (Å²) < 4.78 is 21.8. The first kappa shape index (κ1) is 21.2. The van der Waals surface area contributed by atoms with E-state index in [0.29, 0.717) is 28.6 Å². The molecule has 30 heavy (non-hydrogen) atoms. The van der Waals surface area contributed by atoms with Gasteiger partial charge in [0.25, 0.3) is 5.91 Å². The average molecular weight is 432 g/mol. The van der Waals surface area contributed by atoms with Gasteiger partial charge in [0.15, 0.2) is 11.5 Å². The number of ether oxygens (including phenoxy) is 3. The monoisotopic (exact) mass is 432 g/mol. The van der Waals surface area contributed by atoms with E-state index in [2.05, 4.69) is 10.1 Å². The summed E-state index contributed by atoms with van der Waals surface area (Å²) in [5, 5.41) is 2.76. The van der Waals surface area contributed by atoms with Crippen LogP contribution in [0, 0.1) is 6.92 Å². The number of aromatic nitrogens is 1. The molecular weight excluding hydrogens is 412 g/mol. The number of esters is 1. The number of nitrogens with one attached hydrogen (secondary N) is 1. The van der Waals surface area contributed by atoms with Crippen molar-refractivity contribution >= 4 is 28.9 Å². The van der Waals surface area contributed by atoms with Gasteiger partial charge < -0.3 is 23.9 Å². The Kier molecular flexibility index (Phi) is 6.26. The maximum atomic E-state index is 12.7. The number of thiazole rings is 1. The van der Waals surface area contributed by atoms with Gasteiger partial charge in [0.2, 0.25) is 5.76 Å². The molecule has 0 unspecified atom stereocenters. The predicted octanol–water partition coefficient (Wildman–Crippen LogP) is 2.92. The molecule has 0 aliphatic rings. The van der Waals surface area contributed by atoms with Crippen LogP contribution in [0.5, 0.6) is 11.5 Å². The summed E-state index contributed by atoms with van der Waals surface area (Å²) in [6.07, 6.45) is 0. The van der Waals surface area contributed by atoms with Crippen LogP contribution in [0.1, 0.15) is 31.7 Å². The van der Waals surface area contributed by atoms with E-state index in [9.17, 15) is 14.4 Å². The lowest BCUT2D eigenvalue weighted by atomic mass is 10.2. The molecule has 0 atom stereocenters. The highest BCUT2D eigenvalue weighted by atomic mass is 32.1. The molecule has 3 rings (SSSR count). The first-order valence-electron chi connectivity index (χ1n) is 8.78. The second-order valence-electron chi connectivity index (χ2n) is 6.15. The van der Waals surface area contributed by atoms with Crippen molar-refractivity contribution < 1.29 is 28.2 Å². The molecule has 2 aromatic heterocycles. The van der Waals surface area contributed by atoms with Crippen LogP contribution >= 0.6 is 11.3 Å². The maximum Gasteiger partial charge on any atom is 0.373 e. The Balaban J connectivity index is 1.81. The van der Waals surface area contributed by atoms with Crippen molar-refractivity contribution in [2.45, 2.75) is 13.5 Å². The Morgan fingerprint density at radius 1 is 1.10 bits per heavy atom. The zero-order valence-electron chi connectivity index (χ0n) is 16.8. The smallest absolute Gasteiger partial charge is 0.373 e. The van der Waals surface area contributed by atoms with Crippen molar-refractivity contribution in [3.63, 3.8) is 0 Å². The van der Waals surface area contributed by atoms with Gasteiger partial charge >= 0.3 is 10.8 Å². The third-order valence-corrected chi connectivity index (χ3v) is 5.43. The molecular formula is C20H20N2O7S. The zero-order chi connectivity index (χ0) is 21.8. The fraction of sp³-hybridized carbons (Fsp3) is 0.250. The van der Waals surface area contributed by atoms with Crippen molar-refractivity contribution in [2.75, 3.05) is 26.6 Å². The topological polar surface area (TPSA) is 109 Å². The van der Waals surface area contributed by atoms with Gasteiger partial charge in [-0.05, 0) is 31.2 Å². The molecule has 158 valence electrons. The van der Waals surface area contributed by atoms with Crippen molar-refractivity contribution in [1.82, 2.24) is 4.57 Å². The Morgan fingerprint density at radius 3 is 2.50 bits per heavy atom. The van der Waals surface area contributed by atoms with E-state index >= 15 is 0 Å². The molecule has 10 heteroatoms. The Morgan fingerprint density at radius 2 is 1.83 bits per heavy atom. The van der Waals surface area contributed by atoms with Crippen molar-refractivity contribution in [3.05, 3.63) is 62.1 Å². The van der Waals surface area contributed by atoms with Crippen LogP contribution in [0.15, 0.2) is 39.5 Å². The highest BCUT2D eigenvalue weighted by Crippen LogP contribution is 2.30. The molecule has 0 aliphatic carbocycles. The summed E-state index contributed by atoms with van der Waals surface area (Å²) in [4.78, 5) is 36.6. The Bertz CT molecular complexity index is 1140. The van der Waals surface area contributed by atoms with Crippen LogP contribution < -0.4 is 19.7 Å². The molecule has 0 aliphatic heterocycles. The molecule has 1 aromatic carbocycles. The number of amides is 1. The number of carbonyl (C=O) groups is 2. The van der Waals surface area contributed by atoms with Crippen molar-refractivity contribution in [1.29, 1.82) is 0 Å². The molecule has 3 aromatic rings. The minimum absolute atomic E-state index is 0.0415. The lowest BCUT2D eigenvalue weighted by Crippen LogP contribution is -2.16. The molecule has 0 saturated carbocycles. The highest BCUT2D eigenvalue weighted by molar-refractivity contribution is 7.11. The third kappa shape index (κ3) is 4.23. The molecule has 1 N–H and O–H groups in total. The van der Waals surface area contributed by atoms with Gasteiger partial charge in [-0.25, -0.2) is 4.79 Å². The fourth-order valence-corrected chi connectivity index (χ4v) is 3.69. The maximum absolute atomic E-state index is 12.7. The van der Waals surface area contributed by atoms with E-state index in [-0.39, 0.29) is 22.1 Å². The molecule has 1 amide bonds. The molecule has 9 nitrogen and oxygen atoms in total. The summed E-state index contributed by atoms with van der Waals surface area (Å²) in [6.45, 7) is 1.76. The molecule has 0 spiro atoms. The van der Waals surface area contributed by atoms with Gasteiger partial charge in [-0.2, -0.15) is 0 Å². The van der Waals surface area contributed by atoms with E-state index in [1.807, 2.05) is 0 Å². The quantitative estimate of drug-likeness (QED) is 0.572. The Labute approximate surface area is 175 Å². The van der Waals surface area contributed by atoms with Gasteiger partial charge in [-0.1, -0.05) is 11.3 Å². The summed E-state index contributed by atoms with van der Waals surface area (Å²) >= 11 is 0.829. The lowest BCUT2D eigenvalue weighted by molar-refractivity contribution is 0.0562. The molecule has 2 heterocycles. The second-order valence-corrected chi connectivity index (χ2v) is 7.11. The van der Waals surface area contributed by atoms with Crippen LogP contribution in [0.4, 0.5) is 5.69 Å². The first-order chi connectivity index (χ1) is 14.4. The highest BCUT2D eigenvalue weighted by Gasteiger charge is 2.20. The van der Waals surface area contributed by atoms with Crippen molar-refractivity contribution in [2.24, 2.45) is 0 Å². The van der Waals surface area contributed by atoms with E-state index in [4.69, 9.17) is 13.9 Å². The molecule has 0 saturated heterocycles. The van der Waals surface area contributed by atoms with Crippen LogP contribution in [-0.2, 0) is 11.3 Å². The van der Waals surface area contributed by atoms with Crippen LogP contribution in [0.2, 0.25) is 0 Å². The zero-order valence-corrected chi connectivity index (χ0v) is 17.6. The third-order valence-electron chi connectivity index (χ3n) is 4.35. The SMILES string of the molecule is COC(=O)c1ccc(Cn2c(C)c(C(=O)Nc3ccc(OC)c(OC)c3)sc2=O)o1. The summed E-state index contributed by atoms with van der Waals surface area (Å²) in [6, 6.07) is 8.02. The van der Waals surface area contributed by atoms with Crippen LogP contribution in [0.25, 0.3) is 0 Å². The van der Waals surface area contributed by atoms with Gasteiger partial charge in [0, 0.05) is 17.4 Å². The number of furan rings is 1. The van der Waals surface area contributed by atoms with Gasteiger partial charge in [-0.3, -0.25) is 14.2 Å². The average Bonchev–Trinajstić information content (AvgIpc) is 3.33. The van der Waals surface area contributed by atoms with E-state index in [1.165, 1.54) is 32.0 Å². The number of methoxy groups -OCH3 is 3. The lowest BCUT2D eigenvalue weighted by Gasteiger charge is -2.10. The fourth-order valence-electron chi connectivity index (χ4n) is 2.80. The minimum atomic E-state index is -0.606. The summed E-state index contributed by atoms with van der Waals surface area (Å²) in [5.41, 5.74) is 0.984. The summed E-state index contributed by atoms with van der Waals surface area (Å²) in [5.74, 6) is 0.412. The first-order valence-corrected chi connectivity index (χ1v) is 9.60. The van der Waals surface area contributed by atoms with Crippen LogP contribution in [-0.4, -0.2) is 37.8 Å². The largest absolute Gasteiger partial charge is 0.493 e. The van der Waals surface area contributed by atoms with E-state index in [0.717, 1.165) is 11.3 Å². The number of benzene rings is 1. The van der Waals surface area contributed by atoms with E-state index < -0.39 is 11.9 Å². The normalized spacial score (nSPS) is 10.5. The number of hydrogen-bond acceptors (Lipinski definition) is 8. The molecule has 0 radical (unpaired) electrons. The number of anilines is 1.